The van der Waals surface area contributed by atoms with Gasteiger partial charge in [0.2, 0.25) is 0 Å². The summed E-state index contributed by atoms with van der Waals surface area (Å²) < 4.78 is 5.65. The lowest BCUT2D eigenvalue weighted by molar-refractivity contribution is 0.00986. The molecular formula is C23H34N2O2. The van der Waals surface area contributed by atoms with Crippen molar-refractivity contribution in [3.05, 3.63) is 35.4 Å². The zero-order chi connectivity index (χ0) is 19.1. The maximum absolute atomic E-state index is 12.6. The van der Waals surface area contributed by atoms with E-state index in [2.05, 4.69) is 29.6 Å². The standard InChI is InChI=1S/C23H34N2O2/c1-22(2,3)27-21(26)25-14-7-6-11-18(25)16-24-20-15-23(20)13-8-10-17-9-4-5-12-19(17)23/h4-5,9,12,18,20,24H,6-8,10-11,13-16H2,1-3H3. The Morgan fingerprint density at radius 2 is 2.07 bits per heavy atom. The molecular weight excluding hydrogens is 336 g/mol. The average molecular weight is 371 g/mol. The van der Waals surface area contributed by atoms with Crippen LogP contribution in [0.1, 0.15) is 70.4 Å². The van der Waals surface area contributed by atoms with Crippen LogP contribution >= 0.6 is 0 Å². The molecule has 1 spiro atoms. The first-order valence-electron chi connectivity index (χ1n) is 10.7. The lowest BCUT2D eigenvalue weighted by Crippen LogP contribution is -2.50. The van der Waals surface area contributed by atoms with E-state index >= 15 is 0 Å². The Hall–Kier alpha value is -1.55. The Morgan fingerprint density at radius 3 is 2.89 bits per heavy atom. The predicted molar refractivity (Wildman–Crippen MR) is 108 cm³/mol. The van der Waals surface area contributed by atoms with Crippen LogP contribution in [-0.4, -0.2) is 41.8 Å². The van der Waals surface area contributed by atoms with Gasteiger partial charge in [0.05, 0.1) is 0 Å². The largest absolute Gasteiger partial charge is 0.444 e. The number of ether oxygens (including phenoxy) is 1. The lowest BCUT2D eigenvalue weighted by Gasteiger charge is -2.37. The number of hydrogen-bond donors (Lipinski definition) is 1. The van der Waals surface area contributed by atoms with Crippen LogP contribution in [0.5, 0.6) is 0 Å². The van der Waals surface area contributed by atoms with Gasteiger partial charge in [-0.15, -0.1) is 0 Å². The molecule has 3 unspecified atom stereocenters. The molecule has 0 radical (unpaired) electrons. The Morgan fingerprint density at radius 1 is 1.26 bits per heavy atom. The van der Waals surface area contributed by atoms with Crippen LogP contribution in [0.3, 0.4) is 0 Å². The molecule has 3 aliphatic rings. The SMILES string of the molecule is CC(C)(C)OC(=O)N1CCCCC1CNC1CC12CCCc1ccccc12. The molecule has 1 saturated carbocycles. The molecule has 1 saturated heterocycles. The van der Waals surface area contributed by atoms with Gasteiger partial charge in [-0.05, 0) is 76.8 Å². The van der Waals surface area contributed by atoms with Gasteiger partial charge in [0, 0.05) is 30.6 Å². The number of benzene rings is 1. The maximum atomic E-state index is 12.6. The number of piperidine rings is 1. The number of amides is 1. The number of aryl methyl sites for hydroxylation is 1. The molecule has 2 fully saturated rings. The molecule has 1 heterocycles. The Balaban J connectivity index is 1.38. The van der Waals surface area contributed by atoms with E-state index in [1.807, 2.05) is 25.7 Å². The van der Waals surface area contributed by atoms with Gasteiger partial charge in [0.1, 0.15) is 5.60 Å². The van der Waals surface area contributed by atoms with Crippen molar-refractivity contribution < 1.29 is 9.53 Å². The topological polar surface area (TPSA) is 41.6 Å². The first-order valence-corrected chi connectivity index (χ1v) is 10.7. The zero-order valence-electron chi connectivity index (χ0n) is 17.1. The fourth-order valence-electron chi connectivity index (χ4n) is 5.15. The molecule has 1 N–H and O–H groups in total. The van der Waals surface area contributed by atoms with Crippen LogP contribution in [0.25, 0.3) is 0 Å². The molecule has 0 bridgehead atoms. The fourth-order valence-corrected chi connectivity index (χ4v) is 5.15. The minimum Gasteiger partial charge on any atom is -0.444 e. The van der Waals surface area contributed by atoms with Crippen molar-refractivity contribution in [3.63, 3.8) is 0 Å². The monoisotopic (exact) mass is 370 g/mol. The number of nitrogens with zero attached hydrogens (tertiary/aromatic N) is 1. The highest BCUT2D eigenvalue weighted by Crippen LogP contribution is 2.55. The summed E-state index contributed by atoms with van der Waals surface area (Å²) in [5.74, 6) is 0. The highest BCUT2D eigenvalue weighted by molar-refractivity contribution is 5.68. The second kappa shape index (κ2) is 7.12. The highest BCUT2D eigenvalue weighted by atomic mass is 16.6. The van der Waals surface area contributed by atoms with E-state index in [1.54, 1.807) is 11.1 Å². The van der Waals surface area contributed by atoms with Crippen LogP contribution in [0.4, 0.5) is 4.79 Å². The van der Waals surface area contributed by atoms with Crippen molar-refractivity contribution in [3.8, 4) is 0 Å². The number of likely N-dealkylation sites (tertiary alicyclic amines) is 1. The Labute approximate surface area is 163 Å². The molecule has 2 aliphatic carbocycles. The van der Waals surface area contributed by atoms with Gasteiger partial charge in [-0.2, -0.15) is 0 Å². The average Bonchev–Trinajstić information content (AvgIpc) is 3.32. The van der Waals surface area contributed by atoms with E-state index in [4.69, 9.17) is 4.74 Å². The van der Waals surface area contributed by atoms with Crippen molar-refractivity contribution >= 4 is 6.09 Å². The van der Waals surface area contributed by atoms with Crippen LogP contribution < -0.4 is 5.32 Å². The number of nitrogens with one attached hydrogen (secondary N) is 1. The number of hydrogen-bond acceptors (Lipinski definition) is 3. The van der Waals surface area contributed by atoms with Gasteiger partial charge >= 0.3 is 6.09 Å². The van der Waals surface area contributed by atoms with Crippen molar-refractivity contribution in [1.29, 1.82) is 0 Å². The minimum absolute atomic E-state index is 0.150. The van der Waals surface area contributed by atoms with Crippen molar-refractivity contribution in [1.82, 2.24) is 10.2 Å². The third-order valence-electron chi connectivity index (χ3n) is 6.55. The first-order chi connectivity index (χ1) is 12.9. The van der Waals surface area contributed by atoms with E-state index in [0.717, 1.165) is 25.9 Å². The number of carbonyl (C=O) groups excluding carboxylic acids is 1. The van der Waals surface area contributed by atoms with Gasteiger partial charge in [0.25, 0.3) is 0 Å². The third kappa shape index (κ3) is 3.87. The summed E-state index contributed by atoms with van der Waals surface area (Å²) in [6.07, 6.45) is 8.25. The predicted octanol–water partition coefficient (Wildman–Crippen LogP) is 4.41. The number of fused-ring (bicyclic) bond motifs is 2. The normalized spacial score (nSPS) is 30.1. The third-order valence-corrected chi connectivity index (χ3v) is 6.55. The zero-order valence-corrected chi connectivity index (χ0v) is 17.1. The maximum Gasteiger partial charge on any atom is 0.410 e. The number of carbonyl (C=O) groups is 1. The fraction of sp³-hybridized carbons (Fsp3) is 0.696. The number of rotatable bonds is 3. The van der Waals surface area contributed by atoms with E-state index < -0.39 is 5.60 Å². The quantitative estimate of drug-likeness (QED) is 0.857. The summed E-state index contributed by atoms with van der Waals surface area (Å²) in [6, 6.07) is 9.81. The molecule has 4 heteroatoms. The van der Waals surface area contributed by atoms with Gasteiger partial charge in [-0.1, -0.05) is 24.3 Å². The van der Waals surface area contributed by atoms with E-state index in [0.29, 0.717) is 11.5 Å². The van der Waals surface area contributed by atoms with Gasteiger partial charge < -0.3 is 15.0 Å². The van der Waals surface area contributed by atoms with Gasteiger partial charge in [-0.3, -0.25) is 0 Å². The lowest BCUT2D eigenvalue weighted by atomic mass is 9.79. The Kier molecular flexibility index (Phi) is 4.96. The Bertz CT molecular complexity index is 696. The van der Waals surface area contributed by atoms with Gasteiger partial charge in [-0.25, -0.2) is 4.79 Å². The highest BCUT2D eigenvalue weighted by Gasteiger charge is 2.56. The molecule has 1 aromatic rings. The van der Waals surface area contributed by atoms with Crippen LogP contribution in [-0.2, 0) is 16.6 Å². The molecule has 1 amide bonds. The van der Waals surface area contributed by atoms with Crippen molar-refractivity contribution in [2.45, 2.75) is 88.8 Å². The minimum atomic E-state index is -0.432. The van der Waals surface area contributed by atoms with Gasteiger partial charge in [0.15, 0.2) is 0 Å². The van der Waals surface area contributed by atoms with E-state index in [9.17, 15) is 4.79 Å². The van der Waals surface area contributed by atoms with Crippen LogP contribution in [0.15, 0.2) is 24.3 Å². The molecule has 0 aromatic heterocycles. The second-order valence-corrected chi connectivity index (χ2v) is 9.66. The summed E-state index contributed by atoms with van der Waals surface area (Å²) in [7, 11) is 0. The summed E-state index contributed by atoms with van der Waals surface area (Å²) in [5.41, 5.74) is 3.03. The summed E-state index contributed by atoms with van der Waals surface area (Å²) in [5, 5.41) is 3.83. The molecule has 4 nitrogen and oxygen atoms in total. The van der Waals surface area contributed by atoms with Crippen LogP contribution in [0, 0.1) is 0 Å². The van der Waals surface area contributed by atoms with E-state index in [-0.39, 0.29) is 12.1 Å². The summed E-state index contributed by atoms with van der Waals surface area (Å²) in [4.78, 5) is 14.6. The molecule has 1 aromatic carbocycles. The van der Waals surface area contributed by atoms with Crippen molar-refractivity contribution in [2.24, 2.45) is 0 Å². The first kappa shape index (κ1) is 18.8. The molecule has 1 aliphatic heterocycles. The molecule has 27 heavy (non-hydrogen) atoms. The van der Waals surface area contributed by atoms with E-state index in [1.165, 1.54) is 32.1 Å². The summed E-state index contributed by atoms with van der Waals surface area (Å²) in [6.45, 7) is 7.53. The smallest absolute Gasteiger partial charge is 0.410 e. The summed E-state index contributed by atoms with van der Waals surface area (Å²) >= 11 is 0. The molecule has 3 atom stereocenters. The molecule has 148 valence electrons. The molecule has 4 rings (SSSR count). The second-order valence-electron chi connectivity index (χ2n) is 9.66. The van der Waals surface area contributed by atoms with Crippen molar-refractivity contribution in [2.75, 3.05) is 13.1 Å². The van der Waals surface area contributed by atoms with Crippen LogP contribution in [0.2, 0.25) is 0 Å².